The van der Waals surface area contributed by atoms with Crippen LogP contribution in [-0.4, -0.2) is 48.5 Å². The normalized spacial score (nSPS) is 30.2. The van der Waals surface area contributed by atoms with Gasteiger partial charge in [-0.2, -0.15) is 0 Å². The number of nitrogens with two attached hydrogens (primary N) is 1. The summed E-state index contributed by atoms with van der Waals surface area (Å²) in [6.07, 6.45) is -0.448. The summed E-state index contributed by atoms with van der Waals surface area (Å²) in [5.41, 5.74) is 6.79. The van der Waals surface area contributed by atoms with Gasteiger partial charge in [-0.25, -0.2) is 15.0 Å². The van der Waals surface area contributed by atoms with Gasteiger partial charge in [-0.15, -0.1) is 0 Å². The Bertz CT molecular complexity index is 643. The quantitative estimate of drug-likeness (QED) is 0.684. The van der Waals surface area contributed by atoms with Gasteiger partial charge in [0.2, 0.25) is 0 Å². The van der Waals surface area contributed by atoms with Gasteiger partial charge < -0.3 is 20.7 Å². The van der Waals surface area contributed by atoms with E-state index >= 15 is 0 Å². The number of aryl methyl sites for hydroxylation is 1. The molecule has 0 aromatic carbocycles. The van der Waals surface area contributed by atoms with Gasteiger partial charge in [0.05, 0.1) is 12.7 Å². The third-order valence-corrected chi connectivity index (χ3v) is 3.85. The molecule has 8 heteroatoms. The zero-order valence-corrected chi connectivity index (χ0v) is 11.3. The van der Waals surface area contributed by atoms with Crippen molar-refractivity contribution in [2.45, 2.75) is 32.3 Å². The number of fused-ring (bicyclic) bond motifs is 1. The maximum Gasteiger partial charge on any atom is 0.167 e. The molecule has 1 aliphatic rings. The Balaban J connectivity index is 2.11. The number of aromatic nitrogens is 4. The molecular formula is C12H17N5O3. The fourth-order valence-corrected chi connectivity index (χ4v) is 2.63. The van der Waals surface area contributed by atoms with Crippen LogP contribution in [0.15, 0.2) is 6.33 Å². The molecule has 1 aliphatic heterocycles. The third-order valence-electron chi connectivity index (χ3n) is 3.85. The van der Waals surface area contributed by atoms with Crippen molar-refractivity contribution in [3.63, 3.8) is 0 Å². The van der Waals surface area contributed by atoms with Crippen LogP contribution in [0.2, 0.25) is 0 Å². The molecule has 1 saturated heterocycles. The Hall–Kier alpha value is -1.77. The van der Waals surface area contributed by atoms with Crippen LogP contribution in [-0.2, 0) is 4.74 Å². The second kappa shape index (κ2) is 4.65. The smallest absolute Gasteiger partial charge is 0.167 e. The molecule has 0 amide bonds. The average molecular weight is 279 g/mol. The van der Waals surface area contributed by atoms with E-state index in [1.165, 1.54) is 6.33 Å². The van der Waals surface area contributed by atoms with Crippen LogP contribution in [0.25, 0.3) is 11.2 Å². The molecule has 0 spiro atoms. The van der Waals surface area contributed by atoms with Gasteiger partial charge in [0.15, 0.2) is 23.2 Å². The number of hydrogen-bond acceptors (Lipinski definition) is 7. The molecule has 2 aromatic heterocycles. The van der Waals surface area contributed by atoms with E-state index in [9.17, 15) is 10.2 Å². The van der Waals surface area contributed by atoms with E-state index in [4.69, 9.17) is 10.5 Å². The molecule has 3 rings (SSSR count). The predicted octanol–water partition coefficient (Wildman–Crippen LogP) is -0.396. The second-order valence-electron chi connectivity index (χ2n) is 5.06. The number of aliphatic hydroxyl groups is 2. The highest BCUT2D eigenvalue weighted by Crippen LogP contribution is 2.36. The minimum atomic E-state index is -0.751. The summed E-state index contributed by atoms with van der Waals surface area (Å²) < 4.78 is 7.43. The highest BCUT2D eigenvalue weighted by Gasteiger charge is 2.42. The van der Waals surface area contributed by atoms with Gasteiger partial charge >= 0.3 is 0 Å². The predicted molar refractivity (Wildman–Crippen MR) is 70.6 cm³/mol. The lowest BCUT2D eigenvalue weighted by molar-refractivity contribution is -0.0500. The van der Waals surface area contributed by atoms with Crippen LogP contribution in [0.3, 0.4) is 0 Å². The molecule has 0 bridgehead atoms. The molecule has 0 saturated carbocycles. The van der Waals surface area contributed by atoms with Crippen molar-refractivity contribution in [3.05, 3.63) is 12.2 Å². The summed E-state index contributed by atoms with van der Waals surface area (Å²) in [6, 6.07) is 0. The fraction of sp³-hybridized carbons (Fsp3) is 0.583. The first-order valence-electron chi connectivity index (χ1n) is 6.44. The number of aliphatic hydroxyl groups excluding tert-OH is 2. The zero-order chi connectivity index (χ0) is 14.4. The van der Waals surface area contributed by atoms with E-state index in [2.05, 4.69) is 15.0 Å². The Morgan fingerprint density at radius 3 is 2.85 bits per heavy atom. The van der Waals surface area contributed by atoms with Crippen LogP contribution in [0, 0.1) is 12.8 Å². The molecule has 20 heavy (non-hydrogen) atoms. The number of imidazole rings is 1. The number of rotatable bonds is 2. The molecule has 0 radical (unpaired) electrons. The largest absolute Gasteiger partial charge is 0.394 e. The summed E-state index contributed by atoms with van der Waals surface area (Å²) in [5, 5.41) is 19.6. The van der Waals surface area contributed by atoms with E-state index in [-0.39, 0.29) is 18.3 Å². The first-order valence-corrected chi connectivity index (χ1v) is 6.44. The van der Waals surface area contributed by atoms with E-state index in [1.807, 2.05) is 6.92 Å². The molecule has 3 heterocycles. The lowest BCUT2D eigenvalue weighted by Gasteiger charge is -2.18. The van der Waals surface area contributed by atoms with Gasteiger partial charge in [0.1, 0.15) is 18.3 Å². The minimum Gasteiger partial charge on any atom is -0.394 e. The van der Waals surface area contributed by atoms with Gasteiger partial charge in [0, 0.05) is 5.92 Å². The lowest BCUT2D eigenvalue weighted by atomic mass is 10.0. The monoisotopic (exact) mass is 279 g/mol. The van der Waals surface area contributed by atoms with Crippen molar-refractivity contribution < 1.29 is 14.9 Å². The van der Waals surface area contributed by atoms with Crippen LogP contribution in [0.5, 0.6) is 0 Å². The Morgan fingerprint density at radius 2 is 2.20 bits per heavy atom. The summed E-state index contributed by atoms with van der Waals surface area (Å²) in [4.78, 5) is 12.4. The number of anilines is 1. The SMILES string of the molecule is Cc1nc2c(N)ncnc2n1[C@@H]1O[C@H](CO)[C@H](C)[C@@H]1O. The molecule has 8 nitrogen and oxygen atoms in total. The van der Waals surface area contributed by atoms with Crippen molar-refractivity contribution in [2.75, 3.05) is 12.3 Å². The van der Waals surface area contributed by atoms with Crippen molar-refractivity contribution in [1.29, 1.82) is 0 Å². The molecule has 108 valence electrons. The Labute approximate surface area is 115 Å². The number of nitrogens with zero attached hydrogens (tertiary/aromatic N) is 4. The summed E-state index contributed by atoms with van der Waals surface area (Å²) in [5.74, 6) is 0.735. The fourth-order valence-electron chi connectivity index (χ4n) is 2.63. The molecule has 0 aliphatic carbocycles. The molecular weight excluding hydrogens is 262 g/mol. The maximum atomic E-state index is 10.3. The summed E-state index contributed by atoms with van der Waals surface area (Å²) in [7, 11) is 0. The first kappa shape index (κ1) is 13.2. The number of nitrogen functional groups attached to an aromatic ring is 1. The van der Waals surface area contributed by atoms with Gasteiger partial charge in [-0.1, -0.05) is 6.92 Å². The van der Waals surface area contributed by atoms with Crippen molar-refractivity contribution in [2.24, 2.45) is 5.92 Å². The number of hydrogen-bond donors (Lipinski definition) is 3. The van der Waals surface area contributed by atoms with E-state index < -0.39 is 18.4 Å². The third kappa shape index (κ3) is 1.76. The van der Waals surface area contributed by atoms with Crippen molar-refractivity contribution >= 4 is 17.0 Å². The Kier molecular flexibility index (Phi) is 3.08. The minimum absolute atomic E-state index is 0.141. The van der Waals surface area contributed by atoms with E-state index in [1.54, 1.807) is 11.5 Å². The Morgan fingerprint density at radius 1 is 1.45 bits per heavy atom. The standard InChI is InChI=1S/C12H17N5O3/c1-5-7(3-18)20-12(9(5)19)17-6(2)16-8-10(13)14-4-15-11(8)17/h4-5,7,9,12,18-19H,3H2,1-2H3,(H2,13,14,15)/t5-,7+,9-,12+/m0/s1. The molecule has 2 aromatic rings. The molecule has 4 N–H and O–H groups in total. The van der Waals surface area contributed by atoms with Crippen molar-refractivity contribution in [1.82, 2.24) is 19.5 Å². The topological polar surface area (TPSA) is 119 Å². The first-order chi connectivity index (χ1) is 9.54. The van der Waals surface area contributed by atoms with E-state index in [0.29, 0.717) is 17.0 Å². The molecule has 4 atom stereocenters. The van der Waals surface area contributed by atoms with Gasteiger partial charge in [0.25, 0.3) is 0 Å². The average Bonchev–Trinajstić information content (AvgIpc) is 2.90. The highest BCUT2D eigenvalue weighted by atomic mass is 16.5. The lowest BCUT2D eigenvalue weighted by Crippen LogP contribution is -2.25. The molecule has 1 fully saturated rings. The maximum absolute atomic E-state index is 10.3. The van der Waals surface area contributed by atoms with Crippen LogP contribution >= 0.6 is 0 Å². The van der Waals surface area contributed by atoms with Crippen LogP contribution < -0.4 is 5.73 Å². The zero-order valence-electron chi connectivity index (χ0n) is 11.3. The second-order valence-corrected chi connectivity index (χ2v) is 5.06. The number of ether oxygens (including phenoxy) is 1. The van der Waals surface area contributed by atoms with Gasteiger partial charge in [-0.3, -0.25) is 4.57 Å². The van der Waals surface area contributed by atoms with Crippen LogP contribution in [0.1, 0.15) is 19.0 Å². The summed E-state index contributed by atoms with van der Waals surface area (Å²) >= 11 is 0. The van der Waals surface area contributed by atoms with Crippen LogP contribution in [0.4, 0.5) is 5.82 Å². The molecule has 0 unspecified atom stereocenters. The van der Waals surface area contributed by atoms with Crippen molar-refractivity contribution in [3.8, 4) is 0 Å². The van der Waals surface area contributed by atoms with Gasteiger partial charge in [-0.05, 0) is 6.92 Å². The highest BCUT2D eigenvalue weighted by molar-refractivity contribution is 5.81. The van der Waals surface area contributed by atoms with E-state index in [0.717, 1.165) is 0 Å². The summed E-state index contributed by atoms with van der Waals surface area (Å²) in [6.45, 7) is 3.48.